The topological polar surface area (TPSA) is 26.3 Å². The third-order valence-corrected chi connectivity index (χ3v) is 21.6. The molecule has 0 aliphatic heterocycles. The molecule has 3 radical (unpaired) electrons. The summed E-state index contributed by atoms with van der Waals surface area (Å²) in [5.41, 5.74) is 0.461. The van der Waals surface area contributed by atoms with E-state index in [-0.39, 0.29) is 16.0 Å². The molecule has 0 aromatic carbocycles. The molecule has 0 amide bonds. The molecular weight excluding hydrogens is 325 g/mol. The standard InChI is InChI=1S/C15H33O2Si4/c1-12(2)13(16)17-14(19(3,4)5)15(18,20(6,7)8)21(9,10)11/h14H,1H2,2-11H3. The van der Waals surface area contributed by atoms with Gasteiger partial charge in [-0.1, -0.05) is 65.5 Å². The molecule has 21 heavy (non-hydrogen) atoms. The fourth-order valence-corrected chi connectivity index (χ4v) is 22.0. The zero-order valence-corrected chi connectivity index (χ0v) is 19.6. The van der Waals surface area contributed by atoms with E-state index in [9.17, 15) is 4.79 Å². The molecule has 0 aromatic heterocycles. The van der Waals surface area contributed by atoms with Gasteiger partial charge in [0.1, 0.15) is 0 Å². The molecule has 1 unspecified atom stereocenters. The summed E-state index contributed by atoms with van der Waals surface area (Å²) in [7, 11) is -0.726. The first kappa shape index (κ1) is 21.1. The maximum absolute atomic E-state index is 12.2. The second kappa shape index (κ2) is 6.29. The van der Waals surface area contributed by atoms with Crippen molar-refractivity contribution in [1.29, 1.82) is 0 Å². The van der Waals surface area contributed by atoms with Gasteiger partial charge in [0.25, 0.3) is 0 Å². The SMILES string of the molecule is C=C(C)C(=O)OC(C([Si])([Si](C)(C)C)[Si](C)(C)C)[Si](C)(C)C. The predicted molar refractivity (Wildman–Crippen MR) is 103 cm³/mol. The molecule has 121 valence electrons. The van der Waals surface area contributed by atoms with E-state index >= 15 is 0 Å². The summed E-state index contributed by atoms with van der Waals surface area (Å²) in [6, 6.07) is 0. The minimum atomic E-state index is -1.71. The summed E-state index contributed by atoms with van der Waals surface area (Å²) in [5.74, 6) is -0.249. The molecule has 0 spiro atoms. The molecule has 0 rings (SSSR count). The van der Waals surface area contributed by atoms with Crippen molar-refractivity contribution < 1.29 is 9.53 Å². The zero-order chi connectivity index (χ0) is 17.4. The van der Waals surface area contributed by atoms with Crippen LogP contribution < -0.4 is 0 Å². The Morgan fingerprint density at radius 3 is 1.52 bits per heavy atom. The molecule has 0 saturated heterocycles. The maximum Gasteiger partial charge on any atom is 0.333 e. The van der Waals surface area contributed by atoms with Crippen LogP contribution in [0, 0.1) is 0 Å². The lowest BCUT2D eigenvalue weighted by atomic mass is 10.4. The summed E-state index contributed by atoms with van der Waals surface area (Å²) in [5, 5.41) is 0. The predicted octanol–water partition coefficient (Wildman–Crippen LogP) is 4.43. The largest absolute Gasteiger partial charge is 0.463 e. The summed E-state index contributed by atoms with van der Waals surface area (Å²) in [6.07, 6.45) is 0. The van der Waals surface area contributed by atoms with Crippen molar-refractivity contribution >= 4 is 40.4 Å². The first-order valence-corrected chi connectivity index (χ1v) is 18.7. The van der Waals surface area contributed by atoms with Crippen molar-refractivity contribution in [2.24, 2.45) is 0 Å². The van der Waals surface area contributed by atoms with Gasteiger partial charge in [-0.2, -0.15) is 0 Å². The van der Waals surface area contributed by atoms with Crippen LogP contribution in [0.2, 0.25) is 63.2 Å². The number of carbonyl (C=O) groups is 1. The van der Waals surface area contributed by atoms with Gasteiger partial charge in [-0.3, -0.25) is 0 Å². The number of carbonyl (C=O) groups excluding carboxylic acids is 1. The van der Waals surface area contributed by atoms with Crippen LogP contribution in [0.15, 0.2) is 12.2 Å². The number of ether oxygens (including phenoxy) is 1. The van der Waals surface area contributed by atoms with E-state index in [2.05, 4.69) is 75.7 Å². The van der Waals surface area contributed by atoms with Crippen LogP contribution in [0.1, 0.15) is 6.92 Å². The third kappa shape index (κ3) is 4.53. The van der Waals surface area contributed by atoms with Gasteiger partial charge in [-0.15, -0.1) is 0 Å². The lowest BCUT2D eigenvalue weighted by Crippen LogP contribution is -2.67. The van der Waals surface area contributed by atoms with E-state index in [0.29, 0.717) is 5.57 Å². The Kier molecular flexibility index (Phi) is 6.32. The maximum atomic E-state index is 12.2. The van der Waals surface area contributed by atoms with Crippen LogP contribution in [0.5, 0.6) is 0 Å². The van der Waals surface area contributed by atoms with E-state index < -0.39 is 24.2 Å². The molecule has 0 bridgehead atoms. The van der Waals surface area contributed by atoms with Crippen LogP contribution in [0.4, 0.5) is 0 Å². The van der Waals surface area contributed by atoms with Crippen LogP contribution in [-0.2, 0) is 9.53 Å². The Labute approximate surface area is 138 Å². The molecule has 0 aliphatic rings. The van der Waals surface area contributed by atoms with Gasteiger partial charge >= 0.3 is 5.97 Å². The normalized spacial score (nSPS) is 15.6. The van der Waals surface area contributed by atoms with E-state index in [4.69, 9.17) is 4.74 Å². The number of hydrogen-bond donors (Lipinski definition) is 0. The van der Waals surface area contributed by atoms with Crippen molar-refractivity contribution in [3.63, 3.8) is 0 Å². The minimum absolute atomic E-state index is 0.0239. The van der Waals surface area contributed by atoms with Gasteiger partial charge in [0.15, 0.2) is 0 Å². The highest BCUT2D eigenvalue weighted by atomic mass is 28.4. The highest BCUT2D eigenvalue weighted by Gasteiger charge is 2.58. The van der Waals surface area contributed by atoms with Gasteiger partial charge in [-0.25, -0.2) is 4.79 Å². The smallest absolute Gasteiger partial charge is 0.333 e. The van der Waals surface area contributed by atoms with Crippen molar-refractivity contribution in [3.05, 3.63) is 12.2 Å². The van der Waals surface area contributed by atoms with Gasteiger partial charge in [-0.05, 0) is 11.2 Å². The highest BCUT2D eigenvalue weighted by Crippen LogP contribution is 2.50. The Morgan fingerprint density at radius 1 is 1.00 bits per heavy atom. The molecule has 2 nitrogen and oxygen atoms in total. The molecular formula is C15H33O2Si4. The summed E-state index contributed by atoms with van der Waals surface area (Å²) in [6.45, 7) is 26.6. The molecule has 0 fully saturated rings. The lowest BCUT2D eigenvalue weighted by molar-refractivity contribution is -0.141. The molecule has 0 heterocycles. The molecule has 0 aliphatic carbocycles. The first-order valence-electron chi connectivity index (χ1n) is 7.57. The first-order chi connectivity index (χ1) is 8.96. The van der Waals surface area contributed by atoms with Crippen molar-refractivity contribution in [1.82, 2.24) is 0 Å². The van der Waals surface area contributed by atoms with Crippen molar-refractivity contribution in [3.8, 4) is 0 Å². The molecule has 1 atom stereocenters. The Hall–Kier alpha value is 0.0775. The Bertz CT molecular complexity index is 397. The Morgan fingerprint density at radius 2 is 1.33 bits per heavy atom. The van der Waals surface area contributed by atoms with Gasteiger partial charge in [0.2, 0.25) is 0 Å². The summed E-state index contributed by atoms with van der Waals surface area (Å²) < 4.78 is 5.99. The minimum Gasteiger partial charge on any atom is -0.463 e. The molecule has 0 aromatic rings. The van der Waals surface area contributed by atoms with Crippen LogP contribution in [-0.4, -0.2) is 46.2 Å². The fraction of sp³-hybridized carbons (Fsp3) is 0.800. The van der Waals surface area contributed by atoms with Crippen molar-refractivity contribution in [2.45, 2.75) is 75.9 Å². The lowest BCUT2D eigenvalue weighted by Gasteiger charge is -2.56. The van der Waals surface area contributed by atoms with Gasteiger partial charge in [0, 0.05) is 32.0 Å². The second-order valence-corrected chi connectivity index (χ2v) is 27.4. The average molecular weight is 358 g/mol. The van der Waals surface area contributed by atoms with Crippen LogP contribution in [0.3, 0.4) is 0 Å². The Balaban J connectivity index is 6.10. The van der Waals surface area contributed by atoms with E-state index in [1.807, 2.05) is 0 Å². The summed E-state index contributed by atoms with van der Waals surface area (Å²) >= 11 is 0. The van der Waals surface area contributed by atoms with Gasteiger partial charge < -0.3 is 4.74 Å². The van der Waals surface area contributed by atoms with Gasteiger partial charge in [0.05, 0.1) is 13.8 Å². The quantitative estimate of drug-likeness (QED) is 0.399. The number of rotatable bonds is 6. The fourth-order valence-electron chi connectivity index (χ4n) is 3.03. The number of esters is 1. The average Bonchev–Trinajstić information content (AvgIpc) is 2.19. The second-order valence-electron chi connectivity index (χ2n) is 9.24. The molecule has 0 saturated carbocycles. The third-order valence-electron chi connectivity index (χ3n) is 4.12. The van der Waals surface area contributed by atoms with E-state index in [1.54, 1.807) is 6.92 Å². The number of hydrogen-bond acceptors (Lipinski definition) is 2. The molecule has 6 heteroatoms. The highest BCUT2D eigenvalue weighted by molar-refractivity contribution is 7.07. The van der Waals surface area contributed by atoms with Crippen LogP contribution >= 0.6 is 0 Å². The van der Waals surface area contributed by atoms with Crippen molar-refractivity contribution in [2.75, 3.05) is 0 Å². The van der Waals surface area contributed by atoms with Crippen LogP contribution in [0.25, 0.3) is 0 Å². The zero-order valence-electron chi connectivity index (χ0n) is 15.6. The van der Waals surface area contributed by atoms with E-state index in [0.717, 1.165) is 0 Å². The summed E-state index contributed by atoms with van der Waals surface area (Å²) in [4.78, 5) is 12.2. The molecule has 0 N–H and O–H groups in total. The monoisotopic (exact) mass is 357 g/mol. The van der Waals surface area contributed by atoms with E-state index in [1.165, 1.54) is 0 Å².